The van der Waals surface area contributed by atoms with Gasteiger partial charge in [0.15, 0.2) is 5.78 Å². The van der Waals surface area contributed by atoms with Crippen LogP contribution in [0.3, 0.4) is 0 Å². The largest absolute Gasteiger partial charge is 0.463 e. The lowest BCUT2D eigenvalue weighted by Gasteiger charge is -2.18. The summed E-state index contributed by atoms with van der Waals surface area (Å²) in [6.45, 7) is 4.34. The summed E-state index contributed by atoms with van der Waals surface area (Å²) in [6.07, 6.45) is 47.5. The van der Waals surface area contributed by atoms with Crippen molar-refractivity contribution in [1.29, 1.82) is 0 Å². The Labute approximate surface area is 343 Å². The number of ether oxygens (including phenoxy) is 1. The number of Topliss-reactive ketones (excluding diaryl/α,β-unsaturated/α-hetero) is 1. The molecule has 1 aliphatic rings. The van der Waals surface area contributed by atoms with Crippen LogP contribution in [0.15, 0.2) is 48.6 Å². The summed E-state index contributed by atoms with van der Waals surface area (Å²) in [5.74, 6) is -0.402. The molecule has 322 valence electrons. The van der Waals surface area contributed by atoms with Crippen LogP contribution in [0.5, 0.6) is 0 Å². The van der Waals surface area contributed by atoms with Crippen LogP contribution in [0.4, 0.5) is 0 Å². The lowest BCUT2D eigenvalue weighted by molar-refractivity contribution is -0.146. The smallest absolute Gasteiger partial charge is 0.305 e. The number of ketones is 1. The quantitative estimate of drug-likeness (QED) is 0.0326. The van der Waals surface area contributed by atoms with Gasteiger partial charge in [-0.3, -0.25) is 14.4 Å². The number of unbranched alkanes of at least 4 members (excludes halogenated alkanes) is 18. The monoisotopic (exact) mass is 784 g/mol. The summed E-state index contributed by atoms with van der Waals surface area (Å²) in [5, 5.41) is 22.5. The zero-order valence-electron chi connectivity index (χ0n) is 36.1. The number of carbonyl (C=O) groups excluding carboxylic acids is 3. The highest BCUT2D eigenvalue weighted by Gasteiger charge is 2.31. The molecule has 1 saturated carbocycles. The highest BCUT2D eigenvalue weighted by molar-refractivity contribution is 5.89. The second-order valence-corrected chi connectivity index (χ2v) is 16.3. The fraction of sp³-hybridized carbons (Fsp3) is 0.776. The van der Waals surface area contributed by atoms with Crippen LogP contribution in [0.2, 0.25) is 0 Å². The Balaban J connectivity index is 2.29. The number of nitrogens with one attached hydrogen (secondary N) is 1. The standard InChI is InChI=1S/C49H85NO6/c1-3-5-7-9-11-13-15-17-19-20-22-23-25-27-29-31-33-37-45(51)44(50-48(54)38-35-36-43-40-46(52)47(53)41-43)42-56-49(55)39-34-32-30-28-26-24-21-18-16-14-12-10-8-6-4-2/h10-13,16-19,43-44,46-47,52-53H,3-9,14-15,20-42H2,1-2H3,(H,50,54)/b12-10-,13-11-,18-16-,19-17-. The van der Waals surface area contributed by atoms with Crippen molar-refractivity contribution in [3.63, 3.8) is 0 Å². The molecule has 56 heavy (non-hydrogen) atoms. The molecule has 3 unspecified atom stereocenters. The van der Waals surface area contributed by atoms with E-state index in [9.17, 15) is 24.6 Å². The van der Waals surface area contributed by atoms with Crippen LogP contribution in [0.25, 0.3) is 0 Å². The van der Waals surface area contributed by atoms with E-state index in [4.69, 9.17) is 4.74 Å². The van der Waals surface area contributed by atoms with E-state index in [0.29, 0.717) is 32.1 Å². The second-order valence-electron chi connectivity index (χ2n) is 16.3. The van der Waals surface area contributed by atoms with Crippen molar-refractivity contribution in [3.05, 3.63) is 48.6 Å². The van der Waals surface area contributed by atoms with Crippen molar-refractivity contribution >= 4 is 17.7 Å². The highest BCUT2D eigenvalue weighted by atomic mass is 16.5. The minimum atomic E-state index is -0.822. The molecular formula is C49H85NO6. The fourth-order valence-electron chi connectivity index (χ4n) is 7.32. The van der Waals surface area contributed by atoms with Gasteiger partial charge in [0.1, 0.15) is 12.6 Å². The molecule has 1 aliphatic carbocycles. The Hall–Kier alpha value is -2.51. The normalized spacial score (nSPS) is 17.9. The number of rotatable bonds is 38. The van der Waals surface area contributed by atoms with Crippen molar-refractivity contribution in [1.82, 2.24) is 5.32 Å². The molecule has 3 atom stereocenters. The molecule has 7 heteroatoms. The molecule has 0 radical (unpaired) electrons. The molecule has 0 aliphatic heterocycles. The number of aliphatic hydroxyl groups excluding tert-OH is 2. The lowest BCUT2D eigenvalue weighted by atomic mass is 10.00. The Morgan fingerprint density at radius 2 is 1.00 bits per heavy atom. The lowest BCUT2D eigenvalue weighted by Crippen LogP contribution is -2.44. The van der Waals surface area contributed by atoms with Crippen molar-refractivity contribution in [2.75, 3.05) is 6.61 Å². The first-order valence-electron chi connectivity index (χ1n) is 23.3. The van der Waals surface area contributed by atoms with Crippen molar-refractivity contribution in [2.45, 2.75) is 231 Å². The first-order chi connectivity index (χ1) is 27.4. The van der Waals surface area contributed by atoms with Gasteiger partial charge in [0.2, 0.25) is 5.91 Å². The molecule has 1 fully saturated rings. The van der Waals surface area contributed by atoms with E-state index >= 15 is 0 Å². The first-order valence-corrected chi connectivity index (χ1v) is 23.3. The van der Waals surface area contributed by atoms with Gasteiger partial charge in [-0.15, -0.1) is 0 Å². The van der Waals surface area contributed by atoms with E-state index in [0.717, 1.165) is 70.6 Å². The molecule has 0 aromatic rings. The van der Waals surface area contributed by atoms with Crippen molar-refractivity contribution in [3.8, 4) is 0 Å². The van der Waals surface area contributed by atoms with Gasteiger partial charge >= 0.3 is 5.97 Å². The Morgan fingerprint density at radius 1 is 0.554 bits per heavy atom. The molecule has 0 aromatic heterocycles. The third kappa shape index (κ3) is 31.6. The predicted octanol–water partition coefficient (Wildman–Crippen LogP) is 12.3. The SMILES string of the molecule is CCCC/C=C\C/C=C\CCCCCCCCC(=O)OCC(NC(=O)CCCC1CC(O)C(O)C1)C(=O)CCCCCCCCC/C=C\C/C=C\CCCCC. The van der Waals surface area contributed by atoms with E-state index < -0.39 is 18.2 Å². The van der Waals surface area contributed by atoms with E-state index in [2.05, 4.69) is 67.8 Å². The maximum Gasteiger partial charge on any atom is 0.305 e. The van der Waals surface area contributed by atoms with Crippen LogP contribution < -0.4 is 5.32 Å². The summed E-state index contributed by atoms with van der Waals surface area (Å²) in [7, 11) is 0. The van der Waals surface area contributed by atoms with Crippen molar-refractivity contribution in [2.24, 2.45) is 5.92 Å². The Morgan fingerprint density at radius 3 is 1.52 bits per heavy atom. The Kier molecular flexibility index (Phi) is 35.0. The van der Waals surface area contributed by atoms with Crippen LogP contribution in [0, 0.1) is 5.92 Å². The highest BCUT2D eigenvalue weighted by Crippen LogP contribution is 2.30. The van der Waals surface area contributed by atoms with Gasteiger partial charge in [-0.25, -0.2) is 0 Å². The molecule has 0 aromatic carbocycles. The van der Waals surface area contributed by atoms with Crippen LogP contribution in [-0.4, -0.2) is 52.7 Å². The Bertz CT molecular complexity index is 1070. The predicted molar refractivity (Wildman–Crippen MR) is 234 cm³/mol. The van der Waals surface area contributed by atoms with Gasteiger partial charge in [-0.1, -0.05) is 146 Å². The molecule has 0 spiro atoms. The molecule has 0 heterocycles. The molecule has 0 bridgehead atoms. The van der Waals surface area contributed by atoms with E-state index in [1.54, 1.807) is 0 Å². The molecular weight excluding hydrogens is 699 g/mol. The van der Waals surface area contributed by atoms with Gasteiger partial charge in [-0.2, -0.15) is 0 Å². The zero-order valence-corrected chi connectivity index (χ0v) is 36.1. The number of carbonyl (C=O) groups is 3. The average Bonchev–Trinajstić information content (AvgIpc) is 3.51. The third-order valence-electron chi connectivity index (χ3n) is 11.0. The second kappa shape index (κ2) is 38.0. The summed E-state index contributed by atoms with van der Waals surface area (Å²) >= 11 is 0. The number of aliphatic hydroxyl groups is 2. The molecule has 0 saturated heterocycles. The number of esters is 1. The zero-order chi connectivity index (χ0) is 40.7. The van der Waals surface area contributed by atoms with Gasteiger partial charge in [0, 0.05) is 19.3 Å². The van der Waals surface area contributed by atoms with Gasteiger partial charge in [0.25, 0.3) is 0 Å². The van der Waals surface area contributed by atoms with Gasteiger partial charge < -0.3 is 20.3 Å². The number of hydrogen-bond acceptors (Lipinski definition) is 6. The average molecular weight is 784 g/mol. The van der Waals surface area contributed by atoms with E-state index in [-0.39, 0.29) is 36.6 Å². The van der Waals surface area contributed by atoms with Gasteiger partial charge in [0.05, 0.1) is 12.2 Å². The molecule has 3 N–H and O–H groups in total. The summed E-state index contributed by atoms with van der Waals surface area (Å²) in [5.41, 5.74) is 0. The van der Waals surface area contributed by atoms with Gasteiger partial charge in [-0.05, 0) is 102 Å². The molecule has 7 nitrogen and oxygen atoms in total. The van der Waals surface area contributed by atoms with E-state index in [1.807, 2.05) is 0 Å². The summed E-state index contributed by atoms with van der Waals surface area (Å²) in [6, 6.07) is -0.822. The number of hydrogen-bond donors (Lipinski definition) is 3. The maximum absolute atomic E-state index is 13.2. The van der Waals surface area contributed by atoms with Crippen LogP contribution in [0.1, 0.15) is 213 Å². The van der Waals surface area contributed by atoms with Crippen LogP contribution in [-0.2, 0) is 19.1 Å². The van der Waals surface area contributed by atoms with Crippen LogP contribution >= 0.6 is 0 Å². The molecule has 1 amide bonds. The third-order valence-corrected chi connectivity index (χ3v) is 11.0. The number of amides is 1. The summed E-state index contributed by atoms with van der Waals surface area (Å²) in [4.78, 5) is 38.7. The molecule has 1 rings (SSSR count). The first kappa shape index (κ1) is 51.5. The maximum atomic E-state index is 13.2. The summed E-state index contributed by atoms with van der Waals surface area (Å²) < 4.78 is 5.54. The fourth-order valence-corrected chi connectivity index (χ4v) is 7.32. The topological polar surface area (TPSA) is 113 Å². The minimum absolute atomic E-state index is 0.0749. The minimum Gasteiger partial charge on any atom is -0.463 e. The van der Waals surface area contributed by atoms with E-state index in [1.165, 1.54) is 89.9 Å². The number of allylic oxidation sites excluding steroid dienone is 8. The van der Waals surface area contributed by atoms with Crippen molar-refractivity contribution < 1.29 is 29.3 Å².